The molecule has 6 nitrogen and oxygen atoms in total. The maximum atomic E-state index is 12.1. The van der Waals surface area contributed by atoms with Gasteiger partial charge in [-0.25, -0.2) is 0 Å². The number of fused-ring (bicyclic) bond motifs is 1. The van der Waals surface area contributed by atoms with Crippen molar-refractivity contribution in [2.24, 2.45) is 0 Å². The number of amides is 1. The lowest BCUT2D eigenvalue weighted by molar-refractivity contribution is -0.384. The van der Waals surface area contributed by atoms with E-state index in [9.17, 15) is 14.9 Å². The molecule has 1 aliphatic heterocycles. The van der Waals surface area contributed by atoms with Gasteiger partial charge in [-0.3, -0.25) is 14.9 Å². The van der Waals surface area contributed by atoms with E-state index in [0.29, 0.717) is 12.2 Å². The van der Waals surface area contributed by atoms with Crippen LogP contribution in [0.1, 0.15) is 6.92 Å². The number of thioether (sulfide) groups is 1. The third-order valence-electron chi connectivity index (χ3n) is 2.84. The Labute approximate surface area is 115 Å². The molecule has 19 heavy (non-hydrogen) atoms. The van der Waals surface area contributed by atoms with Crippen molar-refractivity contribution in [2.45, 2.75) is 11.8 Å². The van der Waals surface area contributed by atoms with Crippen LogP contribution >= 0.6 is 11.8 Å². The number of carbonyl (C=O) groups is 1. The third kappa shape index (κ3) is 3.05. The lowest BCUT2D eigenvalue weighted by Gasteiger charge is -2.28. The third-order valence-corrected chi connectivity index (χ3v) is 3.89. The Morgan fingerprint density at radius 2 is 2.37 bits per heavy atom. The molecule has 0 unspecified atom stereocenters. The van der Waals surface area contributed by atoms with Crippen molar-refractivity contribution in [1.82, 2.24) is 5.32 Å². The van der Waals surface area contributed by atoms with Gasteiger partial charge in [-0.15, -0.1) is 11.8 Å². The summed E-state index contributed by atoms with van der Waals surface area (Å²) < 4.78 is 0. The summed E-state index contributed by atoms with van der Waals surface area (Å²) in [6.45, 7) is 3.49. The van der Waals surface area contributed by atoms with Crippen LogP contribution in [0.15, 0.2) is 23.1 Å². The molecule has 0 saturated heterocycles. The number of anilines is 1. The monoisotopic (exact) mass is 281 g/mol. The topological polar surface area (TPSA) is 75.5 Å². The van der Waals surface area contributed by atoms with Gasteiger partial charge in [-0.1, -0.05) is 6.92 Å². The summed E-state index contributed by atoms with van der Waals surface area (Å²) >= 11 is 1.62. The van der Waals surface area contributed by atoms with Crippen LogP contribution in [-0.2, 0) is 4.79 Å². The van der Waals surface area contributed by atoms with E-state index in [4.69, 9.17) is 0 Å². The number of likely N-dealkylation sites (N-methyl/N-ethyl adjacent to an activating group) is 1. The van der Waals surface area contributed by atoms with Crippen LogP contribution < -0.4 is 10.2 Å². The van der Waals surface area contributed by atoms with E-state index in [1.54, 1.807) is 22.7 Å². The highest BCUT2D eigenvalue weighted by Gasteiger charge is 2.24. The van der Waals surface area contributed by atoms with Gasteiger partial charge in [-0.2, -0.15) is 0 Å². The molecule has 1 heterocycles. The van der Waals surface area contributed by atoms with Crippen molar-refractivity contribution in [3.8, 4) is 0 Å². The van der Waals surface area contributed by atoms with Gasteiger partial charge in [-0.05, 0) is 12.6 Å². The molecule has 1 N–H and O–H groups in total. The minimum absolute atomic E-state index is 0.0162. The fourth-order valence-corrected chi connectivity index (χ4v) is 2.88. The molecule has 102 valence electrons. The highest BCUT2D eigenvalue weighted by molar-refractivity contribution is 7.99. The molecule has 1 aromatic rings. The van der Waals surface area contributed by atoms with Crippen molar-refractivity contribution in [3.05, 3.63) is 28.3 Å². The summed E-state index contributed by atoms with van der Waals surface area (Å²) in [7, 11) is 0. The summed E-state index contributed by atoms with van der Waals surface area (Å²) in [6.07, 6.45) is 0. The van der Waals surface area contributed by atoms with E-state index in [-0.39, 0.29) is 18.1 Å². The summed E-state index contributed by atoms with van der Waals surface area (Å²) in [4.78, 5) is 25.0. The minimum Gasteiger partial charge on any atom is -0.309 e. The predicted octanol–water partition coefficient (Wildman–Crippen LogP) is 1.64. The standard InChI is InChI=1S/C12H15N3O3S/c1-2-13-8-12(16)14-5-6-19-11-4-3-9(15(17)18)7-10(11)14/h3-4,7,13H,2,5-6,8H2,1H3. The van der Waals surface area contributed by atoms with Crippen LogP contribution in [0.3, 0.4) is 0 Å². The Morgan fingerprint density at radius 3 is 3.05 bits per heavy atom. The molecular formula is C12H15N3O3S. The first kappa shape index (κ1) is 13.8. The molecule has 0 saturated carbocycles. The normalized spacial score (nSPS) is 14.1. The van der Waals surface area contributed by atoms with Crippen LogP contribution in [0.25, 0.3) is 0 Å². The lowest BCUT2D eigenvalue weighted by atomic mass is 10.2. The fraction of sp³-hybridized carbons (Fsp3) is 0.417. The first-order valence-electron chi connectivity index (χ1n) is 6.05. The van der Waals surface area contributed by atoms with Crippen LogP contribution in [0.2, 0.25) is 0 Å². The number of carbonyl (C=O) groups excluding carboxylic acids is 1. The van der Waals surface area contributed by atoms with E-state index in [2.05, 4.69) is 5.32 Å². The highest BCUT2D eigenvalue weighted by atomic mass is 32.2. The van der Waals surface area contributed by atoms with Crippen LogP contribution in [0, 0.1) is 10.1 Å². The molecular weight excluding hydrogens is 266 g/mol. The lowest BCUT2D eigenvalue weighted by Crippen LogP contribution is -2.41. The van der Waals surface area contributed by atoms with Gasteiger partial charge < -0.3 is 10.2 Å². The second kappa shape index (κ2) is 6.03. The number of nitrogens with zero attached hydrogens (tertiary/aromatic N) is 2. The zero-order valence-electron chi connectivity index (χ0n) is 10.6. The first-order chi connectivity index (χ1) is 9.13. The number of nitro groups is 1. The number of rotatable bonds is 4. The van der Waals surface area contributed by atoms with E-state index in [1.165, 1.54) is 12.1 Å². The van der Waals surface area contributed by atoms with Crippen molar-refractivity contribution in [1.29, 1.82) is 0 Å². The number of benzene rings is 1. The molecule has 0 spiro atoms. The Bertz CT molecular complexity index is 507. The molecule has 1 aromatic carbocycles. The van der Waals surface area contributed by atoms with Crippen molar-refractivity contribution in [2.75, 3.05) is 30.3 Å². The smallest absolute Gasteiger partial charge is 0.271 e. The van der Waals surface area contributed by atoms with Gasteiger partial charge in [0, 0.05) is 29.3 Å². The zero-order chi connectivity index (χ0) is 13.8. The first-order valence-corrected chi connectivity index (χ1v) is 7.04. The Morgan fingerprint density at radius 1 is 1.58 bits per heavy atom. The zero-order valence-corrected chi connectivity index (χ0v) is 11.4. The van der Waals surface area contributed by atoms with Gasteiger partial charge in [0.2, 0.25) is 5.91 Å². The average molecular weight is 281 g/mol. The Hall–Kier alpha value is -1.60. The van der Waals surface area contributed by atoms with Crippen LogP contribution in [-0.4, -0.2) is 36.2 Å². The van der Waals surface area contributed by atoms with Gasteiger partial charge in [0.05, 0.1) is 17.2 Å². The summed E-state index contributed by atoms with van der Waals surface area (Å²) in [5.74, 6) is 0.756. The molecule has 0 fully saturated rings. The Kier molecular flexibility index (Phi) is 4.39. The highest BCUT2D eigenvalue weighted by Crippen LogP contribution is 2.37. The van der Waals surface area contributed by atoms with Gasteiger partial charge in [0.25, 0.3) is 5.69 Å². The summed E-state index contributed by atoms with van der Waals surface area (Å²) in [5, 5.41) is 13.8. The number of nitro benzene ring substituents is 1. The van der Waals surface area contributed by atoms with Crippen molar-refractivity contribution in [3.63, 3.8) is 0 Å². The maximum Gasteiger partial charge on any atom is 0.271 e. The number of hydrogen-bond donors (Lipinski definition) is 1. The molecule has 1 amide bonds. The minimum atomic E-state index is -0.438. The van der Waals surface area contributed by atoms with Gasteiger partial charge in [0.1, 0.15) is 0 Å². The van der Waals surface area contributed by atoms with Crippen molar-refractivity contribution >= 4 is 29.0 Å². The maximum absolute atomic E-state index is 12.1. The van der Waals surface area contributed by atoms with E-state index >= 15 is 0 Å². The van der Waals surface area contributed by atoms with Crippen LogP contribution in [0.4, 0.5) is 11.4 Å². The van der Waals surface area contributed by atoms with Crippen LogP contribution in [0.5, 0.6) is 0 Å². The van der Waals surface area contributed by atoms with E-state index in [0.717, 1.165) is 17.2 Å². The summed E-state index contributed by atoms with van der Waals surface area (Å²) in [5.41, 5.74) is 0.663. The Balaban J connectivity index is 2.28. The predicted molar refractivity (Wildman–Crippen MR) is 74.7 cm³/mol. The number of non-ortho nitro benzene ring substituents is 1. The molecule has 0 radical (unpaired) electrons. The van der Waals surface area contributed by atoms with E-state index in [1.807, 2.05) is 6.92 Å². The SMILES string of the molecule is CCNCC(=O)N1CCSc2ccc([N+](=O)[O-])cc21. The second-order valence-corrected chi connectivity index (χ2v) is 5.22. The average Bonchev–Trinajstić information content (AvgIpc) is 2.43. The van der Waals surface area contributed by atoms with Crippen molar-refractivity contribution < 1.29 is 9.72 Å². The summed E-state index contributed by atoms with van der Waals surface area (Å²) in [6, 6.07) is 4.67. The second-order valence-electron chi connectivity index (χ2n) is 4.08. The fourth-order valence-electron chi connectivity index (χ4n) is 1.91. The molecule has 2 rings (SSSR count). The quantitative estimate of drug-likeness (QED) is 0.671. The molecule has 0 aliphatic carbocycles. The largest absolute Gasteiger partial charge is 0.309 e. The van der Waals surface area contributed by atoms with E-state index < -0.39 is 4.92 Å². The van der Waals surface area contributed by atoms with Gasteiger partial charge >= 0.3 is 0 Å². The van der Waals surface area contributed by atoms with Gasteiger partial charge in [0.15, 0.2) is 0 Å². The number of nitrogens with one attached hydrogen (secondary N) is 1. The molecule has 0 aromatic heterocycles. The molecule has 0 bridgehead atoms. The molecule has 7 heteroatoms. The number of hydrogen-bond acceptors (Lipinski definition) is 5. The molecule has 0 atom stereocenters. The molecule has 1 aliphatic rings.